The molecule has 5 aromatic carbocycles. The normalized spacial score (nSPS) is 11.5. The van der Waals surface area contributed by atoms with E-state index in [1.807, 2.05) is 36.5 Å². The van der Waals surface area contributed by atoms with Crippen molar-refractivity contribution in [3.05, 3.63) is 102 Å². The number of aromatic nitrogens is 3. The highest BCUT2D eigenvalue weighted by molar-refractivity contribution is 6.33. The van der Waals surface area contributed by atoms with Crippen molar-refractivity contribution in [2.75, 3.05) is 5.32 Å². The number of carboxylic acids is 1. The van der Waals surface area contributed by atoms with Gasteiger partial charge in [0.25, 0.3) is 5.91 Å². The van der Waals surface area contributed by atoms with E-state index >= 15 is 0 Å². The third kappa shape index (κ3) is 3.65. The Bertz CT molecular complexity index is 2130. The van der Waals surface area contributed by atoms with Gasteiger partial charge < -0.3 is 20.4 Å². The number of imidazole rings is 1. The van der Waals surface area contributed by atoms with E-state index in [4.69, 9.17) is 4.98 Å². The van der Waals surface area contributed by atoms with Gasteiger partial charge in [-0.25, -0.2) is 9.78 Å². The molecule has 7 nitrogen and oxygen atoms in total. The number of H-pyrrole nitrogens is 2. The van der Waals surface area contributed by atoms with Gasteiger partial charge in [-0.3, -0.25) is 4.79 Å². The molecule has 0 aliphatic rings. The molecule has 0 bridgehead atoms. The fraction of sp³-hybridized carbons (Fsp3) is 0. The first-order valence-electron chi connectivity index (χ1n) is 12.5. The first-order chi connectivity index (χ1) is 19.0. The Morgan fingerprint density at radius 2 is 1.54 bits per heavy atom. The zero-order valence-corrected chi connectivity index (χ0v) is 20.9. The van der Waals surface area contributed by atoms with Gasteiger partial charge in [-0.15, -0.1) is 0 Å². The summed E-state index contributed by atoms with van der Waals surface area (Å²) in [6.45, 7) is 0. The van der Waals surface area contributed by atoms with E-state index in [2.05, 4.69) is 53.5 Å². The minimum absolute atomic E-state index is 0.0450. The molecule has 7 rings (SSSR count). The molecule has 0 spiro atoms. The number of carbonyl (C=O) groups is 2. The molecule has 7 aromatic rings. The maximum atomic E-state index is 13.1. The standard InChI is InChI=1S/C31H21BN4O3/c32-16-9-12-26-23(13-16)25(15-33-26)29-35-27-20-6-2-1-5-18(20)19-11-10-17(14-24(19)28(27)36-29)34-30(37)21-7-3-4-8-22(21)31(38)39/h1-15,33H,32H2,(H,34,37)(H,35,36)(H,38,39). The number of nitrogens with zero attached hydrogens (tertiary/aromatic N) is 1. The lowest BCUT2D eigenvalue weighted by molar-refractivity contribution is 0.0692. The molecular formula is C31H21BN4O3. The largest absolute Gasteiger partial charge is 0.478 e. The topological polar surface area (TPSA) is 111 Å². The Morgan fingerprint density at radius 3 is 2.36 bits per heavy atom. The number of hydrogen-bond donors (Lipinski definition) is 4. The van der Waals surface area contributed by atoms with Crippen molar-refractivity contribution in [2.24, 2.45) is 0 Å². The Kier molecular flexibility index (Phi) is 5.03. The van der Waals surface area contributed by atoms with Crippen LogP contribution in [-0.2, 0) is 0 Å². The van der Waals surface area contributed by atoms with Gasteiger partial charge in [-0.2, -0.15) is 0 Å². The van der Waals surface area contributed by atoms with Crippen LogP contribution in [0.25, 0.3) is 54.9 Å². The summed E-state index contributed by atoms with van der Waals surface area (Å²) in [6.07, 6.45) is 1.97. The number of fused-ring (bicyclic) bond motifs is 7. The summed E-state index contributed by atoms with van der Waals surface area (Å²) in [5.74, 6) is -0.877. The second kappa shape index (κ2) is 8.60. The van der Waals surface area contributed by atoms with E-state index in [1.54, 1.807) is 12.1 Å². The highest BCUT2D eigenvalue weighted by atomic mass is 16.4. The number of anilines is 1. The van der Waals surface area contributed by atoms with Crippen LogP contribution in [0.4, 0.5) is 5.69 Å². The predicted octanol–water partition coefficient (Wildman–Crippen LogP) is 5.23. The molecular weight excluding hydrogens is 487 g/mol. The molecule has 0 saturated carbocycles. The zero-order valence-electron chi connectivity index (χ0n) is 20.9. The van der Waals surface area contributed by atoms with Crippen LogP contribution in [0, 0.1) is 0 Å². The Hall–Kier alpha value is -5.37. The fourth-order valence-electron chi connectivity index (χ4n) is 5.38. The van der Waals surface area contributed by atoms with E-state index in [0.717, 1.165) is 54.9 Å². The van der Waals surface area contributed by atoms with Crippen LogP contribution in [0.2, 0.25) is 0 Å². The van der Waals surface area contributed by atoms with Gasteiger partial charge in [0.2, 0.25) is 0 Å². The maximum absolute atomic E-state index is 13.1. The number of nitrogens with one attached hydrogen (secondary N) is 3. The van der Waals surface area contributed by atoms with Crippen LogP contribution in [-0.4, -0.2) is 39.8 Å². The smallest absolute Gasteiger partial charge is 0.336 e. The SMILES string of the molecule is Bc1ccc2[nH]cc(-c3nc4c5ccccc5c5ccc(NC(=O)c6ccccc6C(=O)O)cc5c4[nH]3)c2c1. The van der Waals surface area contributed by atoms with Crippen molar-refractivity contribution in [3.63, 3.8) is 0 Å². The number of carboxylic acid groups (broad SMARTS) is 1. The van der Waals surface area contributed by atoms with Crippen LogP contribution in [0.1, 0.15) is 20.7 Å². The molecule has 39 heavy (non-hydrogen) atoms. The number of rotatable bonds is 4. The van der Waals surface area contributed by atoms with Gasteiger partial charge in [0.1, 0.15) is 13.7 Å². The minimum Gasteiger partial charge on any atom is -0.478 e. The first-order valence-corrected chi connectivity index (χ1v) is 12.5. The molecule has 0 radical (unpaired) electrons. The summed E-state index contributed by atoms with van der Waals surface area (Å²) in [6, 6.07) is 26.3. The predicted molar refractivity (Wildman–Crippen MR) is 158 cm³/mol. The highest BCUT2D eigenvalue weighted by Gasteiger charge is 2.19. The number of benzene rings is 5. The van der Waals surface area contributed by atoms with Crippen molar-refractivity contribution >= 4 is 74.4 Å². The van der Waals surface area contributed by atoms with Crippen LogP contribution in [0.5, 0.6) is 0 Å². The molecule has 0 saturated heterocycles. The van der Waals surface area contributed by atoms with Crippen molar-refractivity contribution in [1.82, 2.24) is 15.0 Å². The van der Waals surface area contributed by atoms with E-state index < -0.39 is 11.9 Å². The van der Waals surface area contributed by atoms with E-state index in [0.29, 0.717) is 5.69 Å². The molecule has 1 amide bonds. The monoisotopic (exact) mass is 508 g/mol. The molecule has 0 aliphatic carbocycles. The molecule has 0 aliphatic heterocycles. The summed E-state index contributed by atoms with van der Waals surface area (Å²) in [7, 11) is 2.07. The first kappa shape index (κ1) is 22.8. The summed E-state index contributed by atoms with van der Waals surface area (Å²) in [4.78, 5) is 36.7. The van der Waals surface area contributed by atoms with Crippen molar-refractivity contribution in [2.45, 2.75) is 0 Å². The van der Waals surface area contributed by atoms with Crippen molar-refractivity contribution < 1.29 is 14.7 Å². The van der Waals surface area contributed by atoms with Gasteiger partial charge in [-0.1, -0.05) is 60.1 Å². The van der Waals surface area contributed by atoms with Crippen LogP contribution < -0.4 is 10.8 Å². The average molecular weight is 508 g/mol. The minimum atomic E-state index is -1.15. The van der Waals surface area contributed by atoms with E-state index in [-0.39, 0.29) is 11.1 Å². The average Bonchev–Trinajstić information content (AvgIpc) is 3.57. The number of aromatic amines is 2. The molecule has 8 heteroatoms. The van der Waals surface area contributed by atoms with Gasteiger partial charge in [0, 0.05) is 39.1 Å². The zero-order chi connectivity index (χ0) is 26.7. The molecule has 2 heterocycles. The lowest BCUT2D eigenvalue weighted by Gasteiger charge is -2.11. The molecule has 4 N–H and O–H groups in total. The van der Waals surface area contributed by atoms with Crippen molar-refractivity contribution in [3.8, 4) is 11.4 Å². The summed E-state index contributed by atoms with van der Waals surface area (Å²) in [5.41, 5.74) is 5.51. The van der Waals surface area contributed by atoms with Gasteiger partial charge in [0.05, 0.1) is 22.2 Å². The number of amides is 1. The maximum Gasteiger partial charge on any atom is 0.336 e. The molecule has 0 unspecified atom stereocenters. The van der Waals surface area contributed by atoms with Gasteiger partial charge >= 0.3 is 5.97 Å². The fourth-order valence-corrected chi connectivity index (χ4v) is 5.38. The molecule has 0 fully saturated rings. The lowest BCUT2D eigenvalue weighted by atomic mass is 9.94. The Labute approximate surface area is 222 Å². The summed E-state index contributed by atoms with van der Waals surface area (Å²) >= 11 is 0. The van der Waals surface area contributed by atoms with E-state index in [9.17, 15) is 14.7 Å². The molecule has 186 valence electrons. The second-order valence-corrected chi connectivity index (χ2v) is 9.67. The summed E-state index contributed by atoms with van der Waals surface area (Å²) < 4.78 is 0. The Balaban J connectivity index is 1.41. The second-order valence-electron chi connectivity index (χ2n) is 9.67. The number of carbonyl (C=O) groups excluding carboxylic acids is 1. The molecule has 2 aromatic heterocycles. The van der Waals surface area contributed by atoms with Crippen LogP contribution >= 0.6 is 0 Å². The van der Waals surface area contributed by atoms with Gasteiger partial charge in [0.15, 0.2) is 0 Å². The third-order valence-corrected chi connectivity index (χ3v) is 7.22. The third-order valence-electron chi connectivity index (χ3n) is 7.22. The van der Waals surface area contributed by atoms with Gasteiger partial charge in [-0.05, 0) is 41.1 Å². The Morgan fingerprint density at radius 1 is 0.795 bits per heavy atom. The number of hydrogen-bond acceptors (Lipinski definition) is 3. The van der Waals surface area contributed by atoms with Crippen molar-refractivity contribution in [1.29, 1.82) is 0 Å². The molecule has 0 atom stereocenters. The highest BCUT2D eigenvalue weighted by Crippen LogP contribution is 2.37. The summed E-state index contributed by atoms with van der Waals surface area (Å²) in [5, 5.41) is 17.5. The van der Waals surface area contributed by atoms with Crippen LogP contribution in [0.15, 0.2) is 91.1 Å². The lowest BCUT2D eigenvalue weighted by Crippen LogP contribution is -2.16. The van der Waals surface area contributed by atoms with Crippen LogP contribution in [0.3, 0.4) is 0 Å². The number of aromatic carboxylic acids is 1. The van der Waals surface area contributed by atoms with E-state index in [1.165, 1.54) is 17.6 Å². The quantitative estimate of drug-likeness (QED) is 0.193.